The molecule has 0 spiro atoms. The number of rotatable bonds is 7. The second-order valence-corrected chi connectivity index (χ2v) is 10.5. The Morgan fingerprint density at radius 2 is 1.93 bits per heavy atom. The molecule has 1 aromatic heterocycles. The van der Waals surface area contributed by atoms with Crippen molar-refractivity contribution in [3.05, 3.63) is 36.0 Å². The Morgan fingerprint density at radius 1 is 1.20 bits per heavy atom. The summed E-state index contributed by atoms with van der Waals surface area (Å²) >= 11 is 0. The fraction of sp³-hybridized carbons (Fsp3) is 0.654. The molecule has 1 aromatic carbocycles. The van der Waals surface area contributed by atoms with Crippen LogP contribution in [0.25, 0.3) is 10.9 Å². The summed E-state index contributed by atoms with van der Waals surface area (Å²) in [7, 11) is 0. The average molecular weight is 409 g/mol. The van der Waals surface area contributed by atoms with E-state index in [1.807, 2.05) is 0 Å². The smallest absolute Gasteiger partial charge is 0.223 e. The van der Waals surface area contributed by atoms with E-state index >= 15 is 0 Å². The van der Waals surface area contributed by atoms with Crippen molar-refractivity contribution >= 4 is 16.8 Å². The van der Waals surface area contributed by atoms with Gasteiger partial charge >= 0.3 is 0 Å². The van der Waals surface area contributed by atoms with Crippen LogP contribution in [0.2, 0.25) is 0 Å². The first-order valence-corrected chi connectivity index (χ1v) is 12.0. The van der Waals surface area contributed by atoms with Gasteiger partial charge in [-0.1, -0.05) is 45.4 Å². The van der Waals surface area contributed by atoms with E-state index in [4.69, 9.17) is 4.74 Å². The number of nitrogens with one attached hydrogen (secondary N) is 1. The molecule has 1 N–H and O–H groups in total. The lowest BCUT2D eigenvalue weighted by atomic mass is 9.61. The number of H-pyrrole nitrogens is 1. The third kappa shape index (κ3) is 3.47. The molecule has 6 rings (SSSR count). The van der Waals surface area contributed by atoms with Crippen molar-refractivity contribution in [2.75, 3.05) is 6.61 Å². The minimum absolute atomic E-state index is 0.0408. The van der Waals surface area contributed by atoms with Gasteiger partial charge in [0.25, 0.3) is 0 Å². The van der Waals surface area contributed by atoms with Crippen LogP contribution in [0.1, 0.15) is 77.2 Å². The van der Waals surface area contributed by atoms with Crippen molar-refractivity contribution in [3.63, 3.8) is 0 Å². The van der Waals surface area contributed by atoms with Gasteiger partial charge in [-0.3, -0.25) is 4.79 Å². The zero-order valence-electron chi connectivity index (χ0n) is 18.7. The predicted octanol–water partition coefficient (Wildman–Crippen LogP) is 5.64. The fourth-order valence-corrected chi connectivity index (χ4v) is 6.56. The van der Waals surface area contributed by atoms with Gasteiger partial charge in [0.1, 0.15) is 0 Å². The van der Waals surface area contributed by atoms with E-state index in [0.29, 0.717) is 30.3 Å². The molecule has 4 aliphatic rings. The lowest BCUT2D eigenvalue weighted by molar-refractivity contribution is -0.195. The first kappa shape index (κ1) is 20.1. The zero-order chi connectivity index (χ0) is 20.9. The van der Waals surface area contributed by atoms with Gasteiger partial charge in [-0.15, -0.1) is 0 Å². The molecule has 4 heteroatoms. The van der Waals surface area contributed by atoms with Crippen LogP contribution in [-0.2, 0) is 9.53 Å². The largest absolute Gasteiger partial charge is 0.375 e. The fourth-order valence-electron chi connectivity index (χ4n) is 6.56. The van der Waals surface area contributed by atoms with Gasteiger partial charge in [0, 0.05) is 42.2 Å². The van der Waals surface area contributed by atoms with Gasteiger partial charge in [0.2, 0.25) is 5.91 Å². The van der Waals surface area contributed by atoms with Crippen LogP contribution < -0.4 is 0 Å². The number of para-hydroxylation sites is 1. The van der Waals surface area contributed by atoms with Gasteiger partial charge in [-0.05, 0) is 61.5 Å². The molecule has 4 unspecified atom stereocenters. The molecule has 4 atom stereocenters. The van der Waals surface area contributed by atoms with Crippen LogP contribution in [0, 0.1) is 11.8 Å². The first-order valence-electron chi connectivity index (χ1n) is 12.0. The number of fused-ring (bicyclic) bond motifs is 1. The first-order chi connectivity index (χ1) is 14.5. The summed E-state index contributed by atoms with van der Waals surface area (Å²) < 4.78 is 6.57. The van der Waals surface area contributed by atoms with Crippen LogP contribution >= 0.6 is 0 Å². The molecule has 162 valence electrons. The normalized spacial score (nSPS) is 32.0. The van der Waals surface area contributed by atoms with Gasteiger partial charge < -0.3 is 14.6 Å². The Morgan fingerprint density at radius 3 is 2.67 bits per heavy atom. The summed E-state index contributed by atoms with van der Waals surface area (Å²) in [5.74, 6) is 1.93. The molecule has 4 nitrogen and oxygen atoms in total. The van der Waals surface area contributed by atoms with E-state index < -0.39 is 0 Å². The number of piperidine rings is 2. The zero-order valence-corrected chi connectivity index (χ0v) is 18.7. The van der Waals surface area contributed by atoms with Gasteiger partial charge in [0.15, 0.2) is 0 Å². The van der Waals surface area contributed by atoms with Crippen LogP contribution in [0.3, 0.4) is 0 Å². The molecule has 2 saturated heterocycles. The van der Waals surface area contributed by atoms with Crippen molar-refractivity contribution in [3.8, 4) is 0 Å². The Kier molecular flexibility index (Phi) is 5.17. The number of amides is 1. The molecule has 4 fully saturated rings. The second-order valence-electron chi connectivity index (χ2n) is 10.5. The lowest BCUT2D eigenvalue weighted by Crippen LogP contribution is -2.66. The molecule has 1 amide bonds. The van der Waals surface area contributed by atoms with E-state index in [1.165, 1.54) is 36.6 Å². The third-order valence-corrected chi connectivity index (χ3v) is 8.17. The van der Waals surface area contributed by atoms with Crippen LogP contribution in [0.4, 0.5) is 0 Å². The Balaban J connectivity index is 1.28. The number of hydrogen-bond acceptors (Lipinski definition) is 2. The van der Waals surface area contributed by atoms with E-state index in [2.05, 4.69) is 61.1 Å². The molecule has 2 aliphatic heterocycles. The standard InChI is InChI=1S/C26H36N2O2/c1-4-17(2)16-30-26-12-19-10-20(13-26)28(21(11-19)14-26)25(29)9-18(3)23-15-27-24-8-6-5-7-22(23)24/h5-8,15,17-21,27H,4,9-14,16H2,1-3H3. The van der Waals surface area contributed by atoms with Gasteiger partial charge in [-0.2, -0.15) is 0 Å². The van der Waals surface area contributed by atoms with Crippen LogP contribution in [0.5, 0.6) is 0 Å². The number of aromatic nitrogens is 1. The van der Waals surface area contributed by atoms with E-state index in [1.54, 1.807) is 0 Å². The minimum Gasteiger partial charge on any atom is -0.375 e. The molecule has 30 heavy (non-hydrogen) atoms. The molecule has 2 saturated carbocycles. The number of hydrogen-bond donors (Lipinski definition) is 1. The van der Waals surface area contributed by atoms with Crippen molar-refractivity contribution < 1.29 is 9.53 Å². The van der Waals surface area contributed by atoms with Crippen molar-refractivity contribution in [2.45, 2.75) is 89.3 Å². The summed E-state index contributed by atoms with van der Waals surface area (Å²) in [5.41, 5.74) is 2.46. The number of carbonyl (C=O) groups excluding carboxylic acids is 1. The average Bonchev–Trinajstić information content (AvgIpc) is 3.15. The molecule has 2 aliphatic carbocycles. The molecule has 0 radical (unpaired) electrons. The van der Waals surface area contributed by atoms with Crippen LogP contribution in [0.15, 0.2) is 30.5 Å². The SMILES string of the molecule is CCC(C)COC12CC3CC(C1)N(C(=O)CC(C)c1c[nH]c4ccccc14)C(C3)C2. The highest BCUT2D eigenvalue weighted by atomic mass is 16.5. The summed E-state index contributed by atoms with van der Waals surface area (Å²) in [4.78, 5) is 19.1. The molecule has 3 heterocycles. The maximum atomic E-state index is 13.5. The van der Waals surface area contributed by atoms with Gasteiger partial charge in [-0.25, -0.2) is 0 Å². The van der Waals surface area contributed by atoms with E-state index in [0.717, 1.165) is 30.9 Å². The Hall–Kier alpha value is -1.81. The van der Waals surface area contributed by atoms with E-state index in [-0.39, 0.29) is 11.5 Å². The van der Waals surface area contributed by atoms with E-state index in [9.17, 15) is 4.79 Å². The second kappa shape index (κ2) is 7.71. The third-order valence-electron chi connectivity index (χ3n) is 8.17. The monoisotopic (exact) mass is 408 g/mol. The van der Waals surface area contributed by atoms with Crippen molar-refractivity contribution in [1.82, 2.24) is 9.88 Å². The molecular formula is C26H36N2O2. The maximum Gasteiger partial charge on any atom is 0.223 e. The topological polar surface area (TPSA) is 45.3 Å². The van der Waals surface area contributed by atoms with Crippen molar-refractivity contribution in [2.24, 2.45) is 11.8 Å². The number of carbonyl (C=O) groups is 1. The summed E-state index contributed by atoms with van der Waals surface area (Å²) in [6, 6.07) is 9.16. The summed E-state index contributed by atoms with van der Waals surface area (Å²) in [6.45, 7) is 7.58. The number of benzene rings is 1. The number of aromatic amines is 1. The van der Waals surface area contributed by atoms with Crippen molar-refractivity contribution in [1.29, 1.82) is 0 Å². The Labute approximate surface area is 180 Å². The summed E-state index contributed by atoms with van der Waals surface area (Å²) in [6.07, 6.45) is 9.52. The highest BCUT2D eigenvalue weighted by Gasteiger charge is 2.56. The van der Waals surface area contributed by atoms with Gasteiger partial charge in [0.05, 0.1) is 5.60 Å². The van der Waals surface area contributed by atoms with Crippen LogP contribution in [-0.4, -0.2) is 40.1 Å². The quantitative estimate of drug-likeness (QED) is 0.645. The minimum atomic E-state index is 0.0408. The number of nitrogens with zero attached hydrogens (tertiary/aromatic N) is 1. The summed E-state index contributed by atoms with van der Waals surface area (Å²) in [5, 5.41) is 1.25. The Bertz CT molecular complexity index is 903. The highest BCUT2D eigenvalue weighted by Crippen LogP contribution is 2.53. The lowest BCUT2D eigenvalue weighted by Gasteiger charge is -2.61. The highest BCUT2D eigenvalue weighted by molar-refractivity contribution is 5.85. The molecule has 2 aromatic rings. The predicted molar refractivity (Wildman–Crippen MR) is 120 cm³/mol. The molecular weight excluding hydrogens is 372 g/mol. The molecule has 4 bridgehead atoms. The number of ether oxygens (including phenoxy) is 1. The maximum absolute atomic E-state index is 13.5.